The summed E-state index contributed by atoms with van der Waals surface area (Å²) in [6.45, 7) is 0.695. The highest BCUT2D eigenvalue weighted by molar-refractivity contribution is 5.84. The monoisotopic (exact) mass is 350 g/mol. The molecule has 0 saturated heterocycles. The second-order valence-corrected chi connectivity index (χ2v) is 5.81. The highest BCUT2D eigenvalue weighted by atomic mass is 16.3. The van der Waals surface area contributed by atoms with Crippen molar-refractivity contribution in [1.82, 2.24) is 29.7 Å². The molecule has 26 heavy (non-hydrogen) atoms. The molecule has 4 N–H and O–H groups in total. The molecule has 0 spiro atoms. The lowest BCUT2D eigenvalue weighted by Gasteiger charge is -2.06. The Bertz CT molecular complexity index is 1020. The molecule has 3 heterocycles. The normalized spacial score (nSPS) is 11.0. The summed E-state index contributed by atoms with van der Waals surface area (Å²) >= 11 is 0. The number of rotatable bonds is 6. The molecule has 3 aromatic heterocycles. The van der Waals surface area contributed by atoms with Gasteiger partial charge in [0.1, 0.15) is 23.4 Å². The molecule has 0 bridgehead atoms. The van der Waals surface area contributed by atoms with E-state index in [2.05, 4.69) is 35.7 Å². The van der Waals surface area contributed by atoms with Crippen LogP contribution in [-0.4, -0.2) is 41.4 Å². The summed E-state index contributed by atoms with van der Waals surface area (Å²) < 4.78 is 1.72. The molecular formula is C17H18N8O. The molecule has 4 aromatic rings. The van der Waals surface area contributed by atoms with Gasteiger partial charge >= 0.3 is 0 Å². The van der Waals surface area contributed by atoms with Crippen molar-refractivity contribution >= 4 is 28.7 Å². The zero-order valence-corrected chi connectivity index (χ0v) is 14.1. The van der Waals surface area contributed by atoms with Crippen molar-refractivity contribution in [2.75, 3.05) is 17.2 Å². The average Bonchev–Trinajstić information content (AvgIpc) is 3.23. The van der Waals surface area contributed by atoms with Gasteiger partial charge in [0.25, 0.3) is 0 Å². The lowest BCUT2D eigenvalue weighted by atomic mass is 10.1. The fraction of sp³-hybridized carbons (Fsp3) is 0.176. The molecule has 0 aliphatic rings. The van der Waals surface area contributed by atoms with E-state index in [0.717, 1.165) is 23.3 Å². The summed E-state index contributed by atoms with van der Waals surface area (Å²) in [7, 11) is 1.85. The Morgan fingerprint density at radius 3 is 2.77 bits per heavy atom. The van der Waals surface area contributed by atoms with Crippen LogP contribution in [0.5, 0.6) is 5.75 Å². The van der Waals surface area contributed by atoms with Crippen molar-refractivity contribution in [1.29, 1.82) is 0 Å². The molecule has 0 atom stereocenters. The van der Waals surface area contributed by atoms with Gasteiger partial charge in [-0.3, -0.25) is 4.68 Å². The van der Waals surface area contributed by atoms with Gasteiger partial charge in [0, 0.05) is 19.7 Å². The SMILES string of the molecule is Cn1nccc1Nc1nc2ncnc(NCCc3ccc(O)cc3)c2[nH]1. The number of phenolic OH excluding ortho intramolecular Hbond substituents is 1. The average molecular weight is 350 g/mol. The minimum Gasteiger partial charge on any atom is -0.508 e. The first kappa shape index (κ1) is 15.9. The quantitative estimate of drug-likeness (QED) is 0.421. The standard InChI is InChI=1S/C17H18N8O/c1-25-13(7-9-21-25)22-17-23-14-15(19-10-20-16(14)24-17)18-8-6-11-2-4-12(26)5-3-11/h2-5,7,9-10,26H,6,8H2,1H3,(H3,18,19,20,22,23,24). The van der Waals surface area contributed by atoms with Gasteiger partial charge in [-0.1, -0.05) is 12.1 Å². The van der Waals surface area contributed by atoms with Crippen LogP contribution in [0.1, 0.15) is 5.56 Å². The maximum absolute atomic E-state index is 9.33. The van der Waals surface area contributed by atoms with E-state index in [1.807, 2.05) is 25.2 Å². The van der Waals surface area contributed by atoms with Gasteiger partial charge in [0.15, 0.2) is 11.5 Å². The third-order valence-corrected chi connectivity index (χ3v) is 4.00. The zero-order chi connectivity index (χ0) is 17.9. The van der Waals surface area contributed by atoms with E-state index in [0.29, 0.717) is 24.0 Å². The number of benzene rings is 1. The number of hydrogen-bond donors (Lipinski definition) is 4. The molecule has 9 nitrogen and oxygen atoms in total. The minimum absolute atomic E-state index is 0.269. The van der Waals surface area contributed by atoms with E-state index < -0.39 is 0 Å². The first-order valence-corrected chi connectivity index (χ1v) is 8.16. The zero-order valence-electron chi connectivity index (χ0n) is 14.1. The van der Waals surface area contributed by atoms with Crippen LogP contribution in [0, 0.1) is 0 Å². The fourth-order valence-corrected chi connectivity index (χ4v) is 2.63. The number of aromatic amines is 1. The molecule has 0 saturated carbocycles. The lowest BCUT2D eigenvalue weighted by Crippen LogP contribution is -2.07. The number of H-pyrrole nitrogens is 1. The highest BCUT2D eigenvalue weighted by Crippen LogP contribution is 2.21. The number of hydrogen-bond acceptors (Lipinski definition) is 7. The molecule has 0 radical (unpaired) electrons. The number of nitrogens with one attached hydrogen (secondary N) is 3. The second-order valence-electron chi connectivity index (χ2n) is 5.81. The van der Waals surface area contributed by atoms with Gasteiger partial charge < -0.3 is 20.7 Å². The van der Waals surface area contributed by atoms with Gasteiger partial charge in [-0.2, -0.15) is 10.1 Å². The third-order valence-electron chi connectivity index (χ3n) is 4.00. The molecule has 1 aromatic carbocycles. The van der Waals surface area contributed by atoms with Crippen molar-refractivity contribution in [2.24, 2.45) is 7.05 Å². The van der Waals surface area contributed by atoms with Crippen LogP contribution < -0.4 is 10.6 Å². The van der Waals surface area contributed by atoms with Crippen LogP contribution in [0.25, 0.3) is 11.2 Å². The first-order valence-electron chi connectivity index (χ1n) is 8.16. The van der Waals surface area contributed by atoms with Crippen molar-refractivity contribution in [2.45, 2.75) is 6.42 Å². The Hall–Kier alpha value is -3.62. The van der Waals surface area contributed by atoms with Crippen LogP contribution in [-0.2, 0) is 13.5 Å². The summed E-state index contributed by atoms with van der Waals surface area (Å²) in [5, 5.41) is 19.9. The summed E-state index contributed by atoms with van der Waals surface area (Å²) in [5.74, 6) is 2.36. The predicted molar refractivity (Wildman–Crippen MR) is 98.5 cm³/mol. The molecule has 9 heteroatoms. The predicted octanol–water partition coefficient (Wildman–Crippen LogP) is 2.19. The summed E-state index contributed by atoms with van der Waals surface area (Å²) in [6, 6.07) is 9.03. The third kappa shape index (κ3) is 3.27. The van der Waals surface area contributed by atoms with E-state index in [9.17, 15) is 5.11 Å². The maximum Gasteiger partial charge on any atom is 0.208 e. The molecule has 0 unspecified atom stereocenters. The summed E-state index contributed by atoms with van der Waals surface area (Å²) in [4.78, 5) is 16.1. The number of phenols is 1. The molecule has 4 rings (SSSR count). The van der Waals surface area contributed by atoms with Crippen molar-refractivity contribution in [3.8, 4) is 5.75 Å². The topological polar surface area (TPSA) is 117 Å². The molecule has 132 valence electrons. The second kappa shape index (κ2) is 6.71. The Balaban J connectivity index is 1.48. The molecule has 0 aliphatic heterocycles. The summed E-state index contributed by atoms with van der Waals surface area (Å²) in [5.41, 5.74) is 2.45. The number of fused-ring (bicyclic) bond motifs is 1. The number of aromatic nitrogens is 6. The Kier molecular flexibility index (Phi) is 4.10. The first-order chi connectivity index (χ1) is 12.7. The van der Waals surface area contributed by atoms with Crippen LogP contribution >= 0.6 is 0 Å². The van der Waals surface area contributed by atoms with Crippen LogP contribution in [0.2, 0.25) is 0 Å². The van der Waals surface area contributed by atoms with Crippen molar-refractivity contribution in [3.63, 3.8) is 0 Å². The van der Waals surface area contributed by atoms with E-state index in [4.69, 9.17) is 0 Å². The van der Waals surface area contributed by atoms with Crippen LogP contribution in [0.15, 0.2) is 42.9 Å². The number of anilines is 3. The van der Waals surface area contributed by atoms with Crippen LogP contribution in [0.3, 0.4) is 0 Å². The van der Waals surface area contributed by atoms with Gasteiger partial charge in [-0.25, -0.2) is 9.97 Å². The van der Waals surface area contributed by atoms with Gasteiger partial charge in [-0.15, -0.1) is 0 Å². The van der Waals surface area contributed by atoms with E-state index in [1.54, 1.807) is 23.0 Å². The maximum atomic E-state index is 9.33. The highest BCUT2D eigenvalue weighted by Gasteiger charge is 2.10. The van der Waals surface area contributed by atoms with E-state index in [1.165, 1.54) is 6.33 Å². The van der Waals surface area contributed by atoms with Gasteiger partial charge in [0.05, 0.1) is 6.20 Å². The largest absolute Gasteiger partial charge is 0.508 e. The van der Waals surface area contributed by atoms with Crippen LogP contribution in [0.4, 0.5) is 17.6 Å². The molecule has 0 fully saturated rings. The summed E-state index contributed by atoms with van der Waals surface area (Å²) in [6.07, 6.45) is 4.00. The Labute approximate surface area is 149 Å². The van der Waals surface area contributed by atoms with E-state index in [-0.39, 0.29) is 5.75 Å². The van der Waals surface area contributed by atoms with E-state index >= 15 is 0 Å². The molecular weight excluding hydrogens is 332 g/mol. The lowest BCUT2D eigenvalue weighted by molar-refractivity contribution is 0.475. The molecule has 0 aliphatic carbocycles. The Morgan fingerprint density at radius 1 is 1.15 bits per heavy atom. The van der Waals surface area contributed by atoms with Gasteiger partial charge in [-0.05, 0) is 24.1 Å². The number of aryl methyl sites for hydroxylation is 1. The Morgan fingerprint density at radius 2 is 2.00 bits per heavy atom. The van der Waals surface area contributed by atoms with Crippen molar-refractivity contribution < 1.29 is 5.11 Å². The number of aromatic hydroxyl groups is 1. The van der Waals surface area contributed by atoms with Gasteiger partial charge in [0.2, 0.25) is 5.95 Å². The molecule has 0 amide bonds. The number of imidazole rings is 1. The smallest absolute Gasteiger partial charge is 0.208 e. The fourth-order valence-electron chi connectivity index (χ4n) is 2.63. The van der Waals surface area contributed by atoms with Crippen molar-refractivity contribution in [3.05, 3.63) is 48.4 Å². The number of nitrogens with zero attached hydrogens (tertiary/aromatic N) is 5. The minimum atomic E-state index is 0.269.